The van der Waals surface area contributed by atoms with Crippen molar-refractivity contribution in [3.05, 3.63) is 0 Å². The highest BCUT2D eigenvalue weighted by molar-refractivity contribution is 4.78. The van der Waals surface area contributed by atoms with Crippen LogP contribution < -0.4 is 5.32 Å². The maximum Gasteiger partial charge on any atom is 0.415 e. The van der Waals surface area contributed by atoms with Gasteiger partial charge in [-0.2, -0.15) is 13.2 Å². The average molecular weight is 284 g/mol. The summed E-state index contributed by atoms with van der Waals surface area (Å²) in [5, 5.41) is 12.3. The lowest BCUT2D eigenvalue weighted by molar-refractivity contribution is -0.209. The summed E-state index contributed by atoms with van der Waals surface area (Å²) >= 11 is 0. The van der Waals surface area contributed by atoms with Gasteiger partial charge >= 0.3 is 6.18 Å². The quantitative estimate of drug-likeness (QED) is 0.681. The van der Waals surface area contributed by atoms with Crippen LogP contribution in [0.3, 0.4) is 0 Å². The van der Waals surface area contributed by atoms with Gasteiger partial charge in [-0.15, -0.1) is 0 Å². The van der Waals surface area contributed by atoms with Gasteiger partial charge in [0, 0.05) is 26.7 Å². The third kappa shape index (κ3) is 6.56. The van der Waals surface area contributed by atoms with E-state index in [4.69, 9.17) is 9.84 Å². The number of alkyl halides is 3. The third-order valence-corrected chi connectivity index (χ3v) is 3.33. The number of hydrogen-bond donors (Lipinski definition) is 2. The molecule has 7 heteroatoms. The molecule has 1 aliphatic rings. The molecule has 1 rings (SSSR count). The zero-order valence-electron chi connectivity index (χ0n) is 11.2. The molecule has 2 atom stereocenters. The fourth-order valence-corrected chi connectivity index (χ4v) is 2.31. The first-order chi connectivity index (χ1) is 8.93. The molecule has 19 heavy (non-hydrogen) atoms. The van der Waals surface area contributed by atoms with E-state index in [1.165, 1.54) is 0 Å². The standard InChI is InChI=1S/C12H23F3N2O2/c1-19-6-4-16-7-10-3-2-5-17(8-10)9-11(18)12(13,14)15/h10-11,16,18H,2-9H2,1H3. The Morgan fingerprint density at radius 3 is 2.84 bits per heavy atom. The van der Waals surface area contributed by atoms with Gasteiger partial charge in [0.2, 0.25) is 0 Å². The van der Waals surface area contributed by atoms with Crippen LogP contribution in [0.4, 0.5) is 13.2 Å². The minimum absolute atomic E-state index is 0.321. The molecule has 1 fully saturated rings. The number of ether oxygens (including phenoxy) is 1. The lowest BCUT2D eigenvalue weighted by atomic mass is 9.97. The molecule has 0 aromatic heterocycles. The van der Waals surface area contributed by atoms with Crippen molar-refractivity contribution in [3.63, 3.8) is 0 Å². The van der Waals surface area contributed by atoms with E-state index in [2.05, 4.69) is 5.32 Å². The van der Waals surface area contributed by atoms with Crippen LogP contribution in [0.5, 0.6) is 0 Å². The molecule has 0 radical (unpaired) electrons. The zero-order chi connectivity index (χ0) is 14.3. The predicted molar refractivity (Wildman–Crippen MR) is 66.0 cm³/mol. The number of rotatable bonds is 7. The summed E-state index contributed by atoms with van der Waals surface area (Å²) in [5.41, 5.74) is 0. The molecule has 1 aliphatic heterocycles. The van der Waals surface area contributed by atoms with E-state index in [1.807, 2.05) is 0 Å². The van der Waals surface area contributed by atoms with Crippen LogP contribution in [0.2, 0.25) is 0 Å². The van der Waals surface area contributed by atoms with E-state index in [-0.39, 0.29) is 6.54 Å². The highest BCUT2D eigenvalue weighted by Crippen LogP contribution is 2.23. The summed E-state index contributed by atoms with van der Waals surface area (Å²) in [6, 6.07) is 0. The van der Waals surface area contributed by atoms with Crippen molar-refractivity contribution in [2.24, 2.45) is 5.92 Å². The Morgan fingerprint density at radius 1 is 1.47 bits per heavy atom. The molecule has 0 amide bonds. The average Bonchev–Trinajstić information content (AvgIpc) is 2.34. The van der Waals surface area contributed by atoms with Gasteiger partial charge in [-0.1, -0.05) is 0 Å². The van der Waals surface area contributed by atoms with Crippen molar-refractivity contribution in [2.45, 2.75) is 25.1 Å². The molecule has 114 valence electrons. The molecule has 0 saturated carbocycles. The molecule has 1 heterocycles. The van der Waals surface area contributed by atoms with Crippen molar-refractivity contribution in [3.8, 4) is 0 Å². The molecule has 1 saturated heterocycles. The summed E-state index contributed by atoms with van der Waals surface area (Å²) in [7, 11) is 1.63. The van der Waals surface area contributed by atoms with Gasteiger partial charge in [0.15, 0.2) is 6.10 Å². The minimum atomic E-state index is -4.52. The smallest absolute Gasteiger partial charge is 0.383 e. The Balaban J connectivity index is 2.26. The summed E-state index contributed by atoms with van der Waals surface area (Å²) in [6.45, 7) is 3.07. The number of piperidine rings is 1. The zero-order valence-corrected chi connectivity index (χ0v) is 11.2. The Labute approximate surface area is 111 Å². The Bertz CT molecular complexity index is 252. The summed E-state index contributed by atoms with van der Waals surface area (Å²) < 4.78 is 41.8. The van der Waals surface area contributed by atoms with E-state index >= 15 is 0 Å². The summed E-state index contributed by atoms with van der Waals surface area (Å²) in [4.78, 5) is 1.70. The predicted octanol–water partition coefficient (Wildman–Crippen LogP) is 0.858. The number of hydrogen-bond acceptors (Lipinski definition) is 4. The van der Waals surface area contributed by atoms with E-state index in [9.17, 15) is 13.2 Å². The van der Waals surface area contributed by atoms with Crippen molar-refractivity contribution < 1.29 is 23.0 Å². The van der Waals surface area contributed by atoms with E-state index < -0.39 is 12.3 Å². The molecular weight excluding hydrogens is 261 g/mol. The lowest BCUT2D eigenvalue weighted by Crippen LogP contribution is -2.46. The van der Waals surface area contributed by atoms with Crippen LogP contribution in [-0.4, -0.2) is 68.7 Å². The van der Waals surface area contributed by atoms with Crippen molar-refractivity contribution in [2.75, 3.05) is 46.4 Å². The molecule has 2 unspecified atom stereocenters. The number of methoxy groups -OCH3 is 1. The summed E-state index contributed by atoms with van der Waals surface area (Å²) in [6.07, 6.45) is -4.88. The topological polar surface area (TPSA) is 44.7 Å². The van der Waals surface area contributed by atoms with Gasteiger partial charge in [-0.05, 0) is 31.8 Å². The highest BCUT2D eigenvalue weighted by atomic mass is 19.4. The minimum Gasteiger partial charge on any atom is -0.383 e. The second-order valence-corrected chi connectivity index (χ2v) is 5.02. The van der Waals surface area contributed by atoms with Crippen LogP contribution in [0, 0.1) is 5.92 Å². The fourth-order valence-electron chi connectivity index (χ4n) is 2.31. The first kappa shape index (κ1) is 16.7. The monoisotopic (exact) mass is 284 g/mol. The number of halogens is 3. The summed E-state index contributed by atoms with van der Waals surface area (Å²) in [5.74, 6) is 0.339. The number of aliphatic hydroxyl groups is 1. The Kier molecular flexibility index (Phi) is 7.06. The lowest BCUT2D eigenvalue weighted by Gasteiger charge is -2.34. The SMILES string of the molecule is COCCNCC1CCCN(CC(O)C(F)(F)F)C1. The van der Waals surface area contributed by atoms with Crippen molar-refractivity contribution >= 4 is 0 Å². The van der Waals surface area contributed by atoms with Crippen LogP contribution in [0.15, 0.2) is 0 Å². The molecular formula is C12H23F3N2O2. The van der Waals surface area contributed by atoms with Gasteiger partial charge in [0.25, 0.3) is 0 Å². The van der Waals surface area contributed by atoms with Crippen LogP contribution >= 0.6 is 0 Å². The first-order valence-electron chi connectivity index (χ1n) is 6.60. The van der Waals surface area contributed by atoms with Gasteiger partial charge in [-0.3, -0.25) is 0 Å². The maximum atomic E-state index is 12.3. The first-order valence-corrected chi connectivity index (χ1v) is 6.60. The van der Waals surface area contributed by atoms with Gasteiger partial charge < -0.3 is 20.1 Å². The molecule has 0 bridgehead atoms. The molecule has 0 aromatic carbocycles. The largest absolute Gasteiger partial charge is 0.415 e. The van der Waals surface area contributed by atoms with Crippen molar-refractivity contribution in [1.29, 1.82) is 0 Å². The number of likely N-dealkylation sites (tertiary alicyclic amines) is 1. The van der Waals surface area contributed by atoms with Gasteiger partial charge in [0.1, 0.15) is 0 Å². The number of β-amino-alcohol motifs (C(OH)–C–C–N with tert-alkyl or cyclic N) is 1. The number of nitrogens with one attached hydrogen (secondary N) is 1. The van der Waals surface area contributed by atoms with Crippen LogP contribution in [0.1, 0.15) is 12.8 Å². The second kappa shape index (κ2) is 8.04. The second-order valence-electron chi connectivity index (χ2n) is 5.02. The fraction of sp³-hybridized carbons (Fsp3) is 1.00. The van der Waals surface area contributed by atoms with Crippen LogP contribution in [0.25, 0.3) is 0 Å². The van der Waals surface area contributed by atoms with Crippen molar-refractivity contribution in [1.82, 2.24) is 10.2 Å². The Morgan fingerprint density at radius 2 is 2.21 bits per heavy atom. The molecule has 0 spiro atoms. The maximum absolute atomic E-state index is 12.3. The van der Waals surface area contributed by atoms with Gasteiger partial charge in [0.05, 0.1) is 6.61 Å². The molecule has 0 aromatic rings. The highest BCUT2D eigenvalue weighted by Gasteiger charge is 2.39. The number of aliphatic hydroxyl groups excluding tert-OH is 1. The third-order valence-electron chi connectivity index (χ3n) is 3.33. The van der Waals surface area contributed by atoms with E-state index in [0.717, 1.165) is 25.9 Å². The normalized spacial score (nSPS) is 23.5. The van der Waals surface area contributed by atoms with Gasteiger partial charge in [-0.25, -0.2) is 0 Å². The number of nitrogens with zero attached hydrogens (tertiary/aromatic N) is 1. The van der Waals surface area contributed by atoms with Crippen LogP contribution in [-0.2, 0) is 4.74 Å². The molecule has 2 N–H and O–H groups in total. The molecule has 0 aliphatic carbocycles. The van der Waals surface area contributed by atoms with E-state index in [0.29, 0.717) is 25.6 Å². The van der Waals surface area contributed by atoms with E-state index in [1.54, 1.807) is 12.0 Å². The Hall–Kier alpha value is -0.370. The molecule has 4 nitrogen and oxygen atoms in total.